The van der Waals surface area contributed by atoms with Crippen LogP contribution in [0.15, 0.2) is 15.7 Å². The van der Waals surface area contributed by atoms with Crippen LogP contribution in [0.5, 0.6) is 0 Å². The minimum Gasteiger partial charge on any atom is -0.246 e. The number of nitrogens with one attached hydrogen (secondary N) is 1. The van der Waals surface area contributed by atoms with Gasteiger partial charge in [0, 0.05) is 7.05 Å². The number of aromatic amines is 1. The van der Waals surface area contributed by atoms with Crippen molar-refractivity contribution in [3.05, 3.63) is 54.9 Å². The summed E-state index contributed by atoms with van der Waals surface area (Å²) in [5.41, 5.74) is 5.23. The highest BCUT2D eigenvalue weighted by Gasteiger charge is 2.10. The minimum atomic E-state index is -0.386. The van der Waals surface area contributed by atoms with Crippen LogP contribution < -0.4 is 11.4 Å². The third-order valence-electron chi connectivity index (χ3n) is 3.97. The van der Waals surface area contributed by atoms with E-state index in [1.807, 2.05) is 6.92 Å². The molecule has 1 N–H and O–H groups in total. The second kappa shape index (κ2) is 4.57. The van der Waals surface area contributed by atoms with E-state index in [4.69, 9.17) is 0 Å². The number of hydrogen-bond donors (Lipinski definition) is 1. The number of rotatable bonds is 2. The van der Waals surface area contributed by atoms with Crippen molar-refractivity contribution in [2.45, 2.75) is 34.2 Å². The van der Waals surface area contributed by atoms with Crippen LogP contribution in [-0.4, -0.2) is 14.3 Å². The van der Waals surface area contributed by atoms with E-state index in [-0.39, 0.29) is 11.4 Å². The van der Waals surface area contributed by atoms with Crippen LogP contribution in [0.1, 0.15) is 27.8 Å². The first-order valence-corrected chi connectivity index (χ1v) is 6.25. The topological polar surface area (TPSA) is 59.8 Å². The molecule has 0 radical (unpaired) electrons. The van der Waals surface area contributed by atoms with Gasteiger partial charge in [-0.15, -0.1) is 0 Å². The van der Waals surface area contributed by atoms with E-state index in [9.17, 15) is 9.59 Å². The van der Waals surface area contributed by atoms with Crippen molar-refractivity contribution in [3.63, 3.8) is 0 Å². The zero-order valence-electron chi connectivity index (χ0n) is 12.0. The molecule has 5 nitrogen and oxygen atoms in total. The van der Waals surface area contributed by atoms with Gasteiger partial charge in [0.2, 0.25) is 0 Å². The SMILES string of the molecule is Cc1cc(Cn2[nH]c(=O)n(C)c2=O)c(C)c(C)c1C. The summed E-state index contributed by atoms with van der Waals surface area (Å²) in [5, 5.41) is 2.55. The number of nitrogens with zero attached hydrogens (tertiary/aromatic N) is 2. The summed E-state index contributed by atoms with van der Waals surface area (Å²) >= 11 is 0. The lowest BCUT2D eigenvalue weighted by Gasteiger charge is -2.14. The highest BCUT2D eigenvalue weighted by atomic mass is 16.2. The zero-order valence-corrected chi connectivity index (χ0v) is 12.0. The summed E-state index contributed by atoms with van der Waals surface area (Å²) in [6.45, 7) is 8.67. The molecule has 19 heavy (non-hydrogen) atoms. The molecule has 0 spiro atoms. The molecule has 102 valence electrons. The Balaban J connectivity index is 2.53. The molecule has 1 heterocycles. The zero-order chi connectivity index (χ0) is 14.3. The van der Waals surface area contributed by atoms with Gasteiger partial charge in [0.1, 0.15) is 0 Å². The largest absolute Gasteiger partial charge is 0.346 e. The van der Waals surface area contributed by atoms with Gasteiger partial charge >= 0.3 is 11.4 Å². The van der Waals surface area contributed by atoms with Crippen LogP contribution in [0.25, 0.3) is 0 Å². The maximum atomic E-state index is 11.8. The molecular weight excluding hydrogens is 242 g/mol. The van der Waals surface area contributed by atoms with Gasteiger partial charge in [0.25, 0.3) is 0 Å². The van der Waals surface area contributed by atoms with Crippen LogP contribution in [0.2, 0.25) is 0 Å². The molecule has 0 bridgehead atoms. The van der Waals surface area contributed by atoms with Gasteiger partial charge in [0.15, 0.2) is 0 Å². The molecule has 1 aromatic carbocycles. The lowest BCUT2D eigenvalue weighted by Crippen LogP contribution is -2.26. The molecule has 2 rings (SSSR count). The summed E-state index contributed by atoms with van der Waals surface area (Å²) in [4.78, 5) is 23.2. The molecule has 0 saturated carbocycles. The molecular formula is C14H19N3O2. The third-order valence-corrected chi connectivity index (χ3v) is 3.97. The van der Waals surface area contributed by atoms with Crippen molar-refractivity contribution in [2.24, 2.45) is 7.05 Å². The maximum absolute atomic E-state index is 11.8. The molecule has 0 amide bonds. The van der Waals surface area contributed by atoms with E-state index in [2.05, 4.69) is 31.9 Å². The van der Waals surface area contributed by atoms with E-state index >= 15 is 0 Å². The van der Waals surface area contributed by atoms with Crippen LogP contribution in [-0.2, 0) is 13.6 Å². The summed E-state index contributed by atoms with van der Waals surface area (Å²) in [6.07, 6.45) is 0. The van der Waals surface area contributed by atoms with Gasteiger partial charge < -0.3 is 0 Å². The summed E-state index contributed by atoms with van der Waals surface area (Å²) in [5.74, 6) is 0. The molecule has 1 aromatic heterocycles. The molecule has 0 aliphatic carbocycles. The van der Waals surface area contributed by atoms with E-state index in [1.165, 1.54) is 34.0 Å². The molecule has 0 saturated heterocycles. The van der Waals surface area contributed by atoms with E-state index in [0.717, 1.165) is 10.1 Å². The summed E-state index contributed by atoms with van der Waals surface area (Å²) < 4.78 is 2.42. The summed E-state index contributed by atoms with van der Waals surface area (Å²) in [6, 6.07) is 2.08. The molecule has 0 aliphatic heterocycles. The third kappa shape index (κ3) is 2.16. The lowest BCUT2D eigenvalue weighted by molar-refractivity contribution is 0.642. The first-order valence-electron chi connectivity index (χ1n) is 6.25. The second-order valence-electron chi connectivity index (χ2n) is 5.07. The molecule has 0 aliphatic rings. The first-order chi connectivity index (χ1) is 8.82. The number of benzene rings is 1. The van der Waals surface area contributed by atoms with Crippen molar-refractivity contribution < 1.29 is 0 Å². The normalized spacial score (nSPS) is 11.0. The maximum Gasteiger partial charge on any atom is 0.346 e. The Morgan fingerprint density at radius 3 is 2.21 bits per heavy atom. The van der Waals surface area contributed by atoms with Crippen molar-refractivity contribution in [1.29, 1.82) is 0 Å². The Kier molecular flexibility index (Phi) is 3.22. The van der Waals surface area contributed by atoms with Crippen LogP contribution in [0, 0.1) is 27.7 Å². The van der Waals surface area contributed by atoms with Gasteiger partial charge in [-0.3, -0.25) is 0 Å². The smallest absolute Gasteiger partial charge is 0.246 e. The molecule has 0 unspecified atom stereocenters. The van der Waals surface area contributed by atoms with Gasteiger partial charge in [-0.1, -0.05) is 6.07 Å². The molecule has 5 heteroatoms. The fraction of sp³-hybridized carbons (Fsp3) is 0.429. The van der Waals surface area contributed by atoms with Crippen LogP contribution >= 0.6 is 0 Å². The Morgan fingerprint density at radius 2 is 1.68 bits per heavy atom. The Hall–Kier alpha value is -2.04. The van der Waals surface area contributed by atoms with Gasteiger partial charge in [-0.25, -0.2) is 23.9 Å². The summed E-state index contributed by atoms with van der Waals surface area (Å²) in [7, 11) is 1.47. The molecule has 0 atom stereocenters. The predicted octanol–water partition coefficient (Wildman–Crippen LogP) is 1.16. The van der Waals surface area contributed by atoms with E-state index in [0.29, 0.717) is 6.54 Å². The Labute approximate surface area is 111 Å². The van der Waals surface area contributed by atoms with Crippen molar-refractivity contribution in [1.82, 2.24) is 14.3 Å². The van der Waals surface area contributed by atoms with Gasteiger partial charge in [-0.05, 0) is 55.5 Å². The monoisotopic (exact) mass is 261 g/mol. The highest BCUT2D eigenvalue weighted by molar-refractivity contribution is 5.43. The standard InChI is InChI=1S/C14H19N3O2/c1-8-6-12(11(4)10(3)9(8)2)7-17-14(19)16(5)13(18)15-17/h6H,7H2,1-5H3,(H,15,18). The molecule has 0 fully saturated rings. The van der Waals surface area contributed by atoms with Gasteiger partial charge in [0.05, 0.1) is 6.54 Å². The minimum absolute atomic E-state index is 0.319. The average Bonchev–Trinajstić information content (AvgIpc) is 2.61. The predicted molar refractivity (Wildman–Crippen MR) is 74.8 cm³/mol. The number of aryl methyl sites for hydroxylation is 1. The first kappa shape index (κ1) is 13.4. The number of hydrogen-bond acceptors (Lipinski definition) is 2. The van der Waals surface area contributed by atoms with E-state index in [1.54, 1.807) is 0 Å². The van der Waals surface area contributed by atoms with E-state index < -0.39 is 0 Å². The van der Waals surface area contributed by atoms with Crippen LogP contribution in [0.4, 0.5) is 0 Å². The fourth-order valence-electron chi connectivity index (χ4n) is 2.24. The van der Waals surface area contributed by atoms with Gasteiger partial charge in [-0.2, -0.15) is 0 Å². The van der Waals surface area contributed by atoms with Crippen molar-refractivity contribution in [2.75, 3.05) is 0 Å². The molecule has 2 aromatic rings. The van der Waals surface area contributed by atoms with Crippen molar-refractivity contribution in [3.8, 4) is 0 Å². The van der Waals surface area contributed by atoms with Crippen molar-refractivity contribution >= 4 is 0 Å². The van der Waals surface area contributed by atoms with Crippen LogP contribution in [0.3, 0.4) is 0 Å². The lowest BCUT2D eigenvalue weighted by atomic mass is 9.95. The quantitative estimate of drug-likeness (QED) is 0.881. The fourth-order valence-corrected chi connectivity index (χ4v) is 2.24. The highest BCUT2D eigenvalue weighted by Crippen LogP contribution is 2.21. The second-order valence-corrected chi connectivity index (χ2v) is 5.07. The number of aromatic nitrogens is 3. The Morgan fingerprint density at radius 1 is 1.05 bits per heavy atom. The average molecular weight is 261 g/mol. The number of H-pyrrole nitrogens is 1. The Bertz CT molecular complexity index is 747.